The summed E-state index contributed by atoms with van der Waals surface area (Å²) in [6.07, 6.45) is 6.51. The largest absolute Gasteiger partial charge is 0.320 e. The molecule has 0 saturated heterocycles. The lowest BCUT2D eigenvalue weighted by atomic mass is 10.3. The van der Waals surface area contributed by atoms with E-state index in [4.69, 9.17) is 0 Å². The molecule has 0 radical (unpaired) electrons. The monoisotopic (exact) mass is 253 g/mol. The van der Waals surface area contributed by atoms with Crippen LogP contribution in [0, 0.1) is 6.92 Å². The predicted octanol–water partition coefficient (Wildman–Crippen LogP) is 1.69. The molecule has 6 heteroatoms. The summed E-state index contributed by atoms with van der Waals surface area (Å²) < 4.78 is 1.72. The van der Waals surface area contributed by atoms with Gasteiger partial charge in [0.25, 0.3) is 5.91 Å². The summed E-state index contributed by atoms with van der Waals surface area (Å²) in [5.74, 6) is -0.281. The first-order chi connectivity index (χ1) is 9.22. The quantitative estimate of drug-likeness (QED) is 0.754. The number of anilines is 1. The number of hydrogen-bond donors (Lipinski definition) is 1. The van der Waals surface area contributed by atoms with Crippen LogP contribution in [0.3, 0.4) is 0 Å². The topological polar surface area (TPSA) is 72.2 Å². The molecule has 1 amide bonds. The number of carbonyl (C=O) groups excluding carboxylic acids is 1. The molecule has 3 rings (SSSR count). The SMILES string of the molecule is Cc1cnc(C(=O)Nc2ccn3nccc3c2)cn1. The highest BCUT2D eigenvalue weighted by Crippen LogP contribution is 2.12. The normalized spacial score (nSPS) is 10.6. The summed E-state index contributed by atoms with van der Waals surface area (Å²) >= 11 is 0. The van der Waals surface area contributed by atoms with Gasteiger partial charge in [-0.25, -0.2) is 9.50 Å². The highest BCUT2D eigenvalue weighted by molar-refractivity contribution is 6.02. The number of rotatable bonds is 2. The molecule has 0 saturated carbocycles. The Hall–Kier alpha value is -2.76. The van der Waals surface area contributed by atoms with Crippen molar-refractivity contribution in [2.24, 2.45) is 0 Å². The molecule has 94 valence electrons. The second-order valence-electron chi connectivity index (χ2n) is 4.11. The molecule has 0 aliphatic carbocycles. The molecule has 3 aromatic rings. The third-order valence-electron chi connectivity index (χ3n) is 2.67. The molecule has 0 spiro atoms. The molecule has 3 heterocycles. The summed E-state index contributed by atoms with van der Waals surface area (Å²) in [6, 6.07) is 5.48. The Labute approximate surface area is 109 Å². The van der Waals surface area contributed by atoms with Gasteiger partial charge in [0.05, 0.1) is 17.4 Å². The Kier molecular flexibility index (Phi) is 2.68. The van der Waals surface area contributed by atoms with Gasteiger partial charge in [-0.1, -0.05) is 0 Å². The Morgan fingerprint density at radius 1 is 1.26 bits per heavy atom. The van der Waals surface area contributed by atoms with Gasteiger partial charge < -0.3 is 5.32 Å². The van der Waals surface area contributed by atoms with Gasteiger partial charge in [-0.15, -0.1) is 0 Å². The van der Waals surface area contributed by atoms with Crippen molar-refractivity contribution in [2.75, 3.05) is 5.32 Å². The van der Waals surface area contributed by atoms with Gasteiger partial charge in [-0.2, -0.15) is 5.10 Å². The Balaban J connectivity index is 1.83. The standard InChI is InChI=1S/C13H11N5O/c1-9-7-15-12(8-14-9)13(19)17-10-3-5-18-11(6-10)2-4-16-18/h2-8H,1H3,(H,17,19). The average molecular weight is 253 g/mol. The van der Waals surface area contributed by atoms with E-state index in [2.05, 4.69) is 20.4 Å². The summed E-state index contributed by atoms with van der Waals surface area (Å²) in [6.45, 7) is 1.82. The second-order valence-corrected chi connectivity index (χ2v) is 4.11. The number of fused-ring (bicyclic) bond motifs is 1. The molecule has 6 nitrogen and oxygen atoms in total. The number of carbonyl (C=O) groups is 1. The Morgan fingerprint density at radius 2 is 2.16 bits per heavy atom. The number of nitrogens with one attached hydrogen (secondary N) is 1. The zero-order chi connectivity index (χ0) is 13.2. The highest BCUT2D eigenvalue weighted by atomic mass is 16.1. The van der Waals surface area contributed by atoms with Crippen LogP contribution >= 0.6 is 0 Å². The van der Waals surface area contributed by atoms with E-state index in [1.807, 2.05) is 19.1 Å². The van der Waals surface area contributed by atoms with Crippen LogP contribution in [-0.2, 0) is 0 Å². The van der Waals surface area contributed by atoms with Gasteiger partial charge in [0.15, 0.2) is 0 Å². The summed E-state index contributed by atoms with van der Waals surface area (Å²) in [5.41, 5.74) is 2.67. The van der Waals surface area contributed by atoms with E-state index < -0.39 is 0 Å². The fourth-order valence-corrected chi connectivity index (χ4v) is 1.70. The second kappa shape index (κ2) is 4.49. The fourth-order valence-electron chi connectivity index (χ4n) is 1.70. The van der Waals surface area contributed by atoms with E-state index in [9.17, 15) is 4.79 Å². The van der Waals surface area contributed by atoms with Crippen LogP contribution in [0.1, 0.15) is 16.2 Å². The lowest BCUT2D eigenvalue weighted by molar-refractivity contribution is 0.102. The summed E-state index contributed by atoms with van der Waals surface area (Å²) in [4.78, 5) is 20.0. The third kappa shape index (κ3) is 2.28. The molecule has 0 bridgehead atoms. The van der Waals surface area contributed by atoms with Crippen LogP contribution in [0.4, 0.5) is 5.69 Å². The molecule has 19 heavy (non-hydrogen) atoms. The van der Waals surface area contributed by atoms with Gasteiger partial charge in [0.2, 0.25) is 0 Å². The first-order valence-corrected chi connectivity index (χ1v) is 5.76. The highest BCUT2D eigenvalue weighted by Gasteiger charge is 2.08. The molecular formula is C13H11N5O. The molecule has 0 fully saturated rings. The fraction of sp³-hybridized carbons (Fsp3) is 0.0769. The maximum absolute atomic E-state index is 12.0. The van der Waals surface area contributed by atoms with Gasteiger partial charge in [0.1, 0.15) is 5.69 Å². The third-order valence-corrected chi connectivity index (χ3v) is 2.67. The zero-order valence-electron chi connectivity index (χ0n) is 10.2. The van der Waals surface area contributed by atoms with E-state index in [1.165, 1.54) is 6.20 Å². The Bertz CT molecular complexity index is 732. The van der Waals surface area contributed by atoms with Crippen LogP contribution in [0.15, 0.2) is 43.0 Å². The molecule has 0 atom stereocenters. The minimum Gasteiger partial charge on any atom is -0.320 e. The lowest BCUT2D eigenvalue weighted by Gasteiger charge is -2.05. The van der Waals surface area contributed by atoms with Crippen molar-refractivity contribution in [1.29, 1.82) is 0 Å². The Morgan fingerprint density at radius 3 is 2.95 bits per heavy atom. The van der Waals surface area contributed by atoms with Crippen molar-refractivity contribution in [3.63, 3.8) is 0 Å². The van der Waals surface area contributed by atoms with Gasteiger partial charge >= 0.3 is 0 Å². The molecular weight excluding hydrogens is 242 g/mol. The molecule has 0 aliphatic heterocycles. The minimum atomic E-state index is -0.281. The van der Waals surface area contributed by atoms with E-state index in [1.54, 1.807) is 29.2 Å². The van der Waals surface area contributed by atoms with E-state index in [-0.39, 0.29) is 5.91 Å². The lowest BCUT2D eigenvalue weighted by Crippen LogP contribution is -2.14. The smallest absolute Gasteiger partial charge is 0.275 e. The van der Waals surface area contributed by atoms with Crippen LogP contribution in [0.5, 0.6) is 0 Å². The van der Waals surface area contributed by atoms with Gasteiger partial charge in [0, 0.05) is 24.3 Å². The van der Waals surface area contributed by atoms with E-state index >= 15 is 0 Å². The summed E-state index contributed by atoms with van der Waals surface area (Å²) in [5, 5.41) is 6.87. The molecule has 0 aliphatic rings. The first kappa shape index (κ1) is 11.3. The number of nitrogens with zero attached hydrogens (tertiary/aromatic N) is 4. The van der Waals surface area contributed by atoms with Crippen molar-refractivity contribution in [2.45, 2.75) is 6.92 Å². The number of amides is 1. The number of aryl methyl sites for hydroxylation is 1. The van der Waals surface area contributed by atoms with E-state index in [0.29, 0.717) is 11.4 Å². The summed E-state index contributed by atoms with van der Waals surface area (Å²) in [7, 11) is 0. The van der Waals surface area contributed by atoms with Crippen LogP contribution in [-0.4, -0.2) is 25.5 Å². The van der Waals surface area contributed by atoms with Crippen molar-refractivity contribution in [1.82, 2.24) is 19.6 Å². The van der Waals surface area contributed by atoms with Crippen LogP contribution < -0.4 is 5.32 Å². The van der Waals surface area contributed by atoms with Crippen molar-refractivity contribution < 1.29 is 4.79 Å². The van der Waals surface area contributed by atoms with Gasteiger partial charge in [-0.05, 0) is 25.1 Å². The first-order valence-electron chi connectivity index (χ1n) is 5.76. The van der Waals surface area contributed by atoms with Crippen molar-refractivity contribution >= 4 is 17.1 Å². The average Bonchev–Trinajstić information content (AvgIpc) is 2.87. The van der Waals surface area contributed by atoms with Gasteiger partial charge in [-0.3, -0.25) is 9.78 Å². The van der Waals surface area contributed by atoms with Crippen molar-refractivity contribution in [3.8, 4) is 0 Å². The maximum Gasteiger partial charge on any atom is 0.275 e. The van der Waals surface area contributed by atoms with Crippen molar-refractivity contribution in [3.05, 3.63) is 54.4 Å². The number of hydrogen-bond acceptors (Lipinski definition) is 4. The minimum absolute atomic E-state index is 0.281. The molecule has 3 aromatic heterocycles. The molecule has 0 aromatic carbocycles. The van der Waals surface area contributed by atoms with Crippen LogP contribution in [0.25, 0.3) is 5.52 Å². The number of pyridine rings is 1. The van der Waals surface area contributed by atoms with Crippen LogP contribution in [0.2, 0.25) is 0 Å². The zero-order valence-corrected chi connectivity index (χ0v) is 10.2. The maximum atomic E-state index is 12.0. The van der Waals surface area contributed by atoms with E-state index in [0.717, 1.165) is 11.2 Å². The molecule has 0 unspecified atom stereocenters. The number of aromatic nitrogens is 4. The molecule has 1 N–H and O–H groups in total. The predicted molar refractivity (Wildman–Crippen MR) is 69.9 cm³/mol.